The van der Waals surface area contributed by atoms with Crippen molar-refractivity contribution in [2.75, 3.05) is 91.7 Å². The average Bonchev–Trinajstić information content (AvgIpc) is 3.37. The quantitative estimate of drug-likeness (QED) is 0.0760. The van der Waals surface area contributed by atoms with E-state index in [0.29, 0.717) is 47.7 Å². The molecule has 0 aliphatic heterocycles. The second-order valence-corrected chi connectivity index (χ2v) is 14.1. The van der Waals surface area contributed by atoms with Gasteiger partial charge in [0.15, 0.2) is 0 Å². The smallest absolute Gasteiger partial charge is 0.325 e. The molecule has 23 heteroatoms. The fourth-order valence-electron chi connectivity index (χ4n) is 5.75. The van der Waals surface area contributed by atoms with Crippen molar-refractivity contribution in [3.05, 3.63) is 110 Å². The molecule has 4 amide bonds. The lowest BCUT2D eigenvalue weighted by Gasteiger charge is -2.16. The number of nitrogens with two attached hydrogens (primary N) is 1. The fraction of sp³-hybridized carbons (Fsp3) is 0.271. The Balaban J connectivity index is 0.000000267. The van der Waals surface area contributed by atoms with Crippen LogP contribution in [0.3, 0.4) is 0 Å². The average molecular weight is 979 g/mol. The van der Waals surface area contributed by atoms with Gasteiger partial charge in [-0.2, -0.15) is 0 Å². The molecule has 6 aromatic rings. The van der Waals surface area contributed by atoms with Crippen molar-refractivity contribution < 1.29 is 52.8 Å². The number of hydrogen-bond acceptors (Lipinski definition) is 18. The van der Waals surface area contributed by atoms with Gasteiger partial charge >= 0.3 is 30.0 Å². The molecule has 3 aromatic carbocycles. The van der Waals surface area contributed by atoms with Crippen LogP contribution in [0.15, 0.2) is 110 Å². The molecule has 23 nitrogen and oxygen atoms in total. The van der Waals surface area contributed by atoms with Crippen LogP contribution in [0.1, 0.15) is 13.8 Å². The number of carboxylic acids is 1. The van der Waals surface area contributed by atoms with Crippen LogP contribution < -0.4 is 35.9 Å². The molecule has 0 spiro atoms. The van der Waals surface area contributed by atoms with Gasteiger partial charge in [-0.15, -0.1) is 0 Å². The summed E-state index contributed by atoms with van der Waals surface area (Å²) in [6.45, 7) is 3.96. The summed E-state index contributed by atoms with van der Waals surface area (Å²) >= 11 is 0. The number of nitrogen functional groups attached to an aromatic ring is 1. The number of carbonyl (C=O) groups excluding carboxylic acids is 4. The normalized spacial score (nSPS) is 9.86. The van der Waals surface area contributed by atoms with Crippen molar-refractivity contribution in [3.8, 4) is 51.0 Å². The van der Waals surface area contributed by atoms with Crippen LogP contribution in [0.4, 0.5) is 27.0 Å². The first-order chi connectivity index (χ1) is 34.2. The van der Waals surface area contributed by atoms with Crippen LogP contribution in [0, 0.1) is 0 Å². The Kier molecular flexibility index (Phi) is 24.1. The van der Waals surface area contributed by atoms with E-state index in [4.69, 9.17) is 29.8 Å². The summed E-state index contributed by atoms with van der Waals surface area (Å²) in [5, 5.41) is 16.5. The molecular formula is C48H58N12O11. The van der Waals surface area contributed by atoms with Crippen molar-refractivity contribution >= 4 is 47.4 Å². The van der Waals surface area contributed by atoms with Gasteiger partial charge in [-0.1, -0.05) is 36.4 Å². The molecule has 3 heterocycles. The molecule has 0 saturated heterocycles. The molecule has 3 aromatic heterocycles. The number of esters is 2. The van der Waals surface area contributed by atoms with Gasteiger partial charge in [-0.05, 0) is 57.3 Å². The zero-order chi connectivity index (χ0) is 52.1. The maximum Gasteiger partial charge on any atom is 0.325 e. The molecule has 0 aliphatic rings. The standard InChI is InChI=1S/C17H20N4O4.C15H16N4O4.C11H11N3O.C5H11NO2/c1-4-25-16(22)10-21(2)17(23)20-15-9-13(18-11-19-15)12-7-5-6-8-14(12)24-3;1-19(8-14(20)21)15(22)18-13-7-11(16-9-17-13)10-5-3-4-6-12(10)23-2;1-15-10-5-3-2-4-8(10)9-6-11(12)14-7-13-9;1-3-8-5(7)4-6-2/h5-9,11H,4,10H2,1-3H3,(H,18,19,20,23);3-7,9H,8H2,1-2H3,(H,20,21)(H,16,17,18,22);2-7H,1H3,(H2,12,13,14);6H,3-4H2,1-2H3. The summed E-state index contributed by atoms with van der Waals surface area (Å²) in [6.07, 6.45) is 4.11. The minimum Gasteiger partial charge on any atom is -0.496 e. The number of amides is 4. The highest BCUT2D eigenvalue weighted by Gasteiger charge is 2.17. The SMILES string of the molecule is CCOC(=O)CN(C)C(=O)Nc1cc(-c2ccccc2OC)ncn1.CCOC(=O)CNC.COc1ccccc1-c1cc(N)ncn1.COc1ccccc1-c1cc(NC(=O)N(C)CC(=O)O)ncn1. The lowest BCUT2D eigenvalue weighted by Crippen LogP contribution is -2.36. The predicted octanol–water partition coefficient (Wildman–Crippen LogP) is 5.38. The molecule has 0 aliphatic carbocycles. The van der Waals surface area contributed by atoms with Gasteiger partial charge in [0.1, 0.15) is 66.8 Å². The van der Waals surface area contributed by atoms with Crippen LogP contribution >= 0.6 is 0 Å². The Morgan fingerprint density at radius 2 is 0.944 bits per heavy atom. The third-order valence-electron chi connectivity index (χ3n) is 9.01. The van der Waals surface area contributed by atoms with E-state index in [-0.39, 0.29) is 24.9 Å². The molecule has 0 radical (unpaired) electrons. The van der Waals surface area contributed by atoms with E-state index >= 15 is 0 Å². The number of urea groups is 2. The molecule has 71 heavy (non-hydrogen) atoms. The molecule has 6 N–H and O–H groups in total. The van der Waals surface area contributed by atoms with Gasteiger partial charge in [0.25, 0.3) is 0 Å². The van der Waals surface area contributed by atoms with E-state index in [1.165, 1.54) is 38.0 Å². The number of nitrogens with one attached hydrogen (secondary N) is 3. The number of aliphatic carboxylic acids is 1. The molecule has 0 fully saturated rings. The number of nitrogens with zero attached hydrogens (tertiary/aromatic N) is 8. The van der Waals surface area contributed by atoms with E-state index in [9.17, 15) is 24.0 Å². The summed E-state index contributed by atoms with van der Waals surface area (Å²) in [6, 6.07) is 26.3. The van der Waals surface area contributed by atoms with Gasteiger partial charge in [-0.25, -0.2) is 39.5 Å². The molecule has 0 atom stereocenters. The van der Waals surface area contributed by atoms with Crippen LogP contribution in [-0.2, 0) is 23.9 Å². The number of ether oxygens (including phenoxy) is 5. The van der Waals surface area contributed by atoms with Gasteiger partial charge < -0.3 is 49.6 Å². The molecule has 376 valence electrons. The molecule has 6 rings (SSSR count). The number of methoxy groups -OCH3 is 3. The maximum atomic E-state index is 12.1. The van der Waals surface area contributed by atoms with Crippen molar-refractivity contribution in [1.29, 1.82) is 0 Å². The summed E-state index contributed by atoms with van der Waals surface area (Å²) in [7, 11) is 9.34. The van der Waals surface area contributed by atoms with E-state index in [2.05, 4.69) is 50.6 Å². The first-order valence-electron chi connectivity index (χ1n) is 21.5. The highest BCUT2D eigenvalue weighted by molar-refractivity contribution is 5.92. The Morgan fingerprint density at radius 3 is 1.32 bits per heavy atom. The Bertz CT molecular complexity index is 2650. The Labute approximate surface area is 410 Å². The highest BCUT2D eigenvalue weighted by Crippen LogP contribution is 2.30. The van der Waals surface area contributed by atoms with Gasteiger partial charge in [0.05, 0.1) is 58.2 Å². The number of carboxylic acid groups (broad SMARTS) is 1. The topological polar surface area (TPSA) is 298 Å². The van der Waals surface area contributed by atoms with Crippen LogP contribution in [0.5, 0.6) is 17.2 Å². The lowest BCUT2D eigenvalue weighted by molar-refractivity contribution is -0.143. The third-order valence-corrected chi connectivity index (χ3v) is 9.01. The van der Waals surface area contributed by atoms with Gasteiger partial charge in [0.2, 0.25) is 0 Å². The molecular weight excluding hydrogens is 921 g/mol. The summed E-state index contributed by atoms with van der Waals surface area (Å²) in [4.78, 5) is 83.1. The lowest BCUT2D eigenvalue weighted by atomic mass is 10.1. The fourth-order valence-corrected chi connectivity index (χ4v) is 5.75. The zero-order valence-corrected chi connectivity index (χ0v) is 40.6. The predicted molar refractivity (Wildman–Crippen MR) is 265 cm³/mol. The van der Waals surface area contributed by atoms with Crippen molar-refractivity contribution in [3.63, 3.8) is 0 Å². The number of carbonyl (C=O) groups is 5. The van der Waals surface area contributed by atoms with E-state index in [1.807, 2.05) is 66.7 Å². The maximum absolute atomic E-state index is 12.1. The Hall–Kier alpha value is -8.99. The van der Waals surface area contributed by atoms with E-state index < -0.39 is 30.5 Å². The number of rotatable bonds is 16. The number of benzene rings is 3. The van der Waals surface area contributed by atoms with Gasteiger partial charge in [-0.3, -0.25) is 25.0 Å². The van der Waals surface area contributed by atoms with Crippen LogP contribution in [0.25, 0.3) is 33.8 Å². The first-order valence-corrected chi connectivity index (χ1v) is 21.5. The number of likely N-dealkylation sites (N-methyl/N-ethyl adjacent to an activating group) is 3. The number of aromatic nitrogens is 6. The number of hydrogen-bond donors (Lipinski definition) is 5. The second-order valence-electron chi connectivity index (χ2n) is 14.1. The molecule has 0 bridgehead atoms. The van der Waals surface area contributed by atoms with Crippen LogP contribution in [-0.4, -0.2) is 150 Å². The first kappa shape index (κ1) is 56.3. The van der Waals surface area contributed by atoms with E-state index in [1.54, 1.807) is 66.5 Å². The Morgan fingerprint density at radius 1 is 0.563 bits per heavy atom. The third kappa shape index (κ3) is 19.3. The largest absolute Gasteiger partial charge is 0.496 e. The molecule has 0 saturated carbocycles. The summed E-state index contributed by atoms with van der Waals surface area (Å²) < 4.78 is 25.2. The van der Waals surface area contributed by atoms with Crippen LogP contribution in [0.2, 0.25) is 0 Å². The minimum absolute atomic E-state index is 0.149. The van der Waals surface area contributed by atoms with Crippen molar-refractivity contribution in [2.24, 2.45) is 0 Å². The molecule has 0 unspecified atom stereocenters. The number of para-hydroxylation sites is 3. The monoisotopic (exact) mass is 978 g/mol. The summed E-state index contributed by atoms with van der Waals surface area (Å²) in [5.41, 5.74) is 9.99. The van der Waals surface area contributed by atoms with Gasteiger partial charge in [0, 0.05) is 49.0 Å². The van der Waals surface area contributed by atoms with Crippen molar-refractivity contribution in [2.45, 2.75) is 13.8 Å². The second kappa shape index (κ2) is 30.4. The summed E-state index contributed by atoms with van der Waals surface area (Å²) in [5.74, 6) is 1.35. The zero-order valence-electron chi connectivity index (χ0n) is 40.6. The minimum atomic E-state index is -1.10. The van der Waals surface area contributed by atoms with E-state index in [0.717, 1.165) is 33.0 Å². The number of anilines is 3. The van der Waals surface area contributed by atoms with Crippen molar-refractivity contribution in [1.82, 2.24) is 45.0 Å². The highest BCUT2D eigenvalue weighted by atomic mass is 16.5.